The van der Waals surface area contributed by atoms with Gasteiger partial charge < -0.3 is 20.4 Å². The lowest BCUT2D eigenvalue weighted by Crippen LogP contribution is -2.66. The summed E-state index contributed by atoms with van der Waals surface area (Å²) in [5, 5.41) is 8.21. The molecule has 3 aliphatic heterocycles. The van der Waals surface area contributed by atoms with Crippen LogP contribution >= 0.6 is 11.6 Å². The predicted molar refractivity (Wildman–Crippen MR) is 114 cm³/mol. The minimum absolute atomic E-state index is 0.0139. The van der Waals surface area contributed by atoms with E-state index in [0.717, 1.165) is 0 Å². The fourth-order valence-electron chi connectivity index (χ4n) is 3.90. The summed E-state index contributed by atoms with van der Waals surface area (Å²) in [6.45, 7) is 4.51. The lowest BCUT2D eigenvalue weighted by molar-refractivity contribution is -0.135. The van der Waals surface area contributed by atoms with Gasteiger partial charge in [0.2, 0.25) is 5.91 Å². The second-order valence-electron chi connectivity index (χ2n) is 7.36. The van der Waals surface area contributed by atoms with Crippen LogP contribution in [-0.4, -0.2) is 64.4 Å². The second-order valence-corrected chi connectivity index (χ2v) is 7.80. The Labute approximate surface area is 181 Å². The third-order valence-electron chi connectivity index (χ3n) is 5.48. The number of benzene rings is 1. The third-order valence-corrected chi connectivity index (χ3v) is 5.71. The van der Waals surface area contributed by atoms with E-state index in [1.165, 1.54) is 12.4 Å². The van der Waals surface area contributed by atoms with Gasteiger partial charge in [0.25, 0.3) is 5.91 Å². The number of likely N-dealkylation sites (tertiary alicyclic amines) is 1. The molecule has 0 bridgehead atoms. The molecule has 2 saturated heterocycles. The Bertz CT molecular complexity index is 1150. The molecule has 0 radical (unpaired) electrons. The molecular weight excluding hydrogens is 424 g/mol. The van der Waals surface area contributed by atoms with Crippen molar-refractivity contribution in [2.24, 2.45) is 10.7 Å². The van der Waals surface area contributed by atoms with E-state index in [4.69, 9.17) is 21.8 Å². The molecule has 5 rings (SSSR count). The van der Waals surface area contributed by atoms with Crippen LogP contribution in [0.25, 0.3) is 11.1 Å². The molecule has 31 heavy (non-hydrogen) atoms. The van der Waals surface area contributed by atoms with E-state index in [1.807, 2.05) is 5.01 Å². The van der Waals surface area contributed by atoms with Gasteiger partial charge in [0.1, 0.15) is 23.5 Å². The SMILES string of the molecule is C=CC(=O)N1CC(N2NC(C(=O)Nc3nc4cc(Cl)ccc4o3)C3=C(N)N=CNC32)C1. The van der Waals surface area contributed by atoms with Crippen molar-refractivity contribution in [3.05, 3.63) is 47.3 Å². The fraction of sp³-hybridized carbons (Fsp3) is 0.263. The van der Waals surface area contributed by atoms with Gasteiger partial charge in [-0.15, -0.1) is 0 Å². The number of rotatable bonds is 4. The van der Waals surface area contributed by atoms with E-state index in [0.29, 0.717) is 34.8 Å². The van der Waals surface area contributed by atoms with Gasteiger partial charge in [0.05, 0.1) is 12.4 Å². The molecule has 2 fully saturated rings. The van der Waals surface area contributed by atoms with Crippen molar-refractivity contribution in [2.75, 3.05) is 18.4 Å². The van der Waals surface area contributed by atoms with Gasteiger partial charge in [-0.1, -0.05) is 18.2 Å². The summed E-state index contributed by atoms with van der Waals surface area (Å²) in [4.78, 5) is 34.9. The highest BCUT2D eigenvalue weighted by Crippen LogP contribution is 2.30. The molecule has 3 aliphatic rings. The number of nitrogens with zero attached hydrogens (tertiary/aromatic N) is 4. The molecule has 0 spiro atoms. The third kappa shape index (κ3) is 3.32. The van der Waals surface area contributed by atoms with Crippen LogP contribution in [0.3, 0.4) is 0 Å². The van der Waals surface area contributed by atoms with Crippen LogP contribution in [0, 0.1) is 0 Å². The Morgan fingerprint density at radius 2 is 2.19 bits per heavy atom. The maximum atomic E-state index is 13.1. The van der Waals surface area contributed by atoms with E-state index < -0.39 is 11.9 Å². The molecular formula is C19H19ClN8O3. The van der Waals surface area contributed by atoms with Crippen LogP contribution < -0.4 is 21.8 Å². The Hall–Kier alpha value is -3.41. The number of carbonyl (C=O) groups excluding carboxylic acids is 2. The average molecular weight is 443 g/mol. The molecule has 2 amide bonds. The zero-order chi connectivity index (χ0) is 21.7. The van der Waals surface area contributed by atoms with Gasteiger partial charge in [-0.25, -0.2) is 15.4 Å². The number of amides is 2. The predicted octanol–water partition coefficient (Wildman–Crippen LogP) is 0.133. The van der Waals surface area contributed by atoms with E-state index >= 15 is 0 Å². The lowest BCUT2D eigenvalue weighted by atomic mass is 10.0. The first-order chi connectivity index (χ1) is 14.9. The fourth-order valence-corrected chi connectivity index (χ4v) is 4.07. The Morgan fingerprint density at radius 3 is 2.97 bits per heavy atom. The molecule has 5 N–H and O–H groups in total. The van der Waals surface area contributed by atoms with Gasteiger partial charge in [0.15, 0.2) is 5.58 Å². The molecule has 0 aliphatic carbocycles. The summed E-state index contributed by atoms with van der Waals surface area (Å²) in [7, 11) is 0. The van der Waals surface area contributed by atoms with Crippen LogP contribution in [-0.2, 0) is 9.59 Å². The first kappa shape index (κ1) is 19.5. The Morgan fingerprint density at radius 1 is 1.39 bits per heavy atom. The van der Waals surface area contributed by atoms with Crippen LogP contribution in [0.5, 0.6) is 0 Å². The Kier molecular flexibility index (Phi) is 4.65. The maximum Gasteiger partial charge on any atom is 0.302 e. The van der Waals surface area contributed by atoms with Crippen molar-refractivity contribution in [1.82, 2.24) is 25.6 Å². The molecule has 1 aromatic heterocycles. The topological polar surface area (TPSA) is 141 Å². The van der Waals surface area contributed by atoms with Gasteiger partial charge in [-0.05, 0) is 24.3 Å². The number of oxazole rings is 1. The summed E-state index contributed by atoms with van der Waals surface area (Å²) in [6.07, 6.45) is 2.40. The number of hydrazine groups is 1. The summed E-state index contributed by atoms with van der Waals surface area (Å²) in [6, 6.07) is 4.25. The summed E-state index contributed by atoms with van der Waals surface area (Å²) in [5.74, 6) is -0.281. The van der Waals surface area contributed by atoms with E-state index in [1.54, 1.807) is 23.1 Å². The van der Waals surface area contributed by atoms with Crippen LogP contribution in [0.4, 0.5) is 6.01 Å². The molecule has 1 aromatic carbocycles. The molecule has 4 heterocycles. The molecule has 11 nitrogen and oxygen atoms in total. The van der Waals surface area contributed by atoms with Crippen molar-refractivity contribution in [3.8, 4) is 0 Å². The quantitative estimate of drug-likeness (QED) is 0.490. The largest absolute Gasteiger partial charge is 0.423 e. The second kappa shape index (κ2) is 7.38. The molecule has 2 unspecified atom stereocenters. The van der Waals surface area contributed by atoms with E-state index in [9.17, 15) is 9.59 Å². The smallest absolute Gasteiger partial charge is 0.302 e. The number of halogens is 1. The van der Waals surface area contributed by atoms with E-state index in [-0.39, 0.29) is 30.0 Å². The minimum Gasteiger partial charge on any atom is -0.423 e. The standard InChI is InChI=1S/C19H19ClN8O3/c1-2-13(29)27-6-10(7-27)28-17-14(16(21)22-8-23-17)15(26-28)18(30)25-19-24-11-5-9(20)3-4-12(11)31-19/h2-5,8,10,15,17,26H,1,6-7,21H2,(H,22,23)(H,24,25,30). The van der Waals surface area contributed by atoms with Gasteiger partial charge in [-0.3, -0.25) is 14.9 Å². The molecule has 2 aromatic rings. The normalized spacial score (nSPS) is 23.5. The zero-order valence-corrected chi connectivity index (χ0v) is 17.0. The number of anilines is 1. The van der Waals surface area contributed by atoms with Crippen LogP contribution in [0.1, 0.15) is 0 Å². The monoisotopic (exact) mass is 442 g/mol. The first-order valence-electron chi connectivity index (χ1n) is 9.55. The van der Waals surface area contributed by atoms with Gasteiger partial charge in [-0.2, -0.15) is 4.98 Å². The number of carbonyl (C=O) groups is 2. The first-order valence-corrected chi connectivity index (χ1v) is 9.93. The van der Waals surface area contributed by atoms with Gasteiger partial charge >= 0.3 is 6.01 Å². The minimum atomic E-state index is -0.794. The van der Waals surface area contributed by atoms with Crippen molar-refractivity contribution in [3.63, 3.8) is 0 Å². The maximum absolute atomic E-state index is 13.1. The molecule has 160 valence electrons. The van der Waals surface area contributed by atoms with E-state index in [2.05, 4.69) is 32.6 Å². The molecule has 2 atom stereocenters. The summed E-state index contributed by atoms with van der Waals surface area (Å²) in [5.41, 5.74) is 10.9. The average Bonchev–Trinajstić information content (AvgIpc) is 3.28. The number of aliphatic imine (C=N–C) groups is 1. The number of hydrogen-bond donors (Lipinski definition) is 4. The number of nitrogens with one attached hydrogen (secondary N) is 3. The number of fused-ring (bicyclic) bond motifs is 2. The van der Waals surface area contributed by atoms with Crippen molar-refractivity contribution < 1.29 is 14.0 Å². The summed E-state index contributed by atoms with van der Waals surface area (Å²) >= 11 is 5.98. The highest BCUT2D eigenvalue weighted by Gasteiger charge is 2.49. The summed E-state index contributed by atoms with van der Waals surface area (Å²) < 4.78 is 5.59. The number of hydrogen-bond acceptors (Lipinski definition) is 9. The van der Waals surface area contributed by atoms with Gasteiger partial charge in [0, 0.05) is 23.7 Å². The highest BCUT2D eigenvalue weighted by molar-refractivity contribution is 6.31. The lowest BCUT2D eigenvalue weighted by Gasteiger charge is -2.45. The Balaban J connectivity index is 1.36. The highest BCUT2D eigenvalue weighted by atomic mass is 35.5. The van der Waals surface area contributed by atoms with Crippen LogP contribution in [0.15, 0.2) is 51.7 Å². The van der Waals surface area contributed by atoms with Crippen molar-refractivity contribution in [1.29, 1.82) is 0 Å². The van der Waals surface area contributed by atoms with Crippen LogP contribution in [0.2, 0.25) is 5.02 Å². The zero-order valence-electron chi connectivity index (χ0n) is 16.2. The number of aromatic nitrogens is 1. The van der Waals surface area contributed by atoms with Crippen molar-refractivity contribution >= 4 is 46.9 Å². The molecule has 0 saturated carbocycles. The van der Waals surface area contributed by atoms with Crippen molar-refractivity contribution in [2.45, 2.75) is 18.2 Å². The molecule has 12 heteroatoms. The number of nitrogens with two attached hydrogens (primary N) is 1.